The number of halogens is 1. The molecule has 0 aromatic rings. The third-order valence-electron chi connectivity index (χ3n) is 3.66. The first-order valence-electron chi connectivity index (χ1n) is 5.51. The molecule has 0 radical (unpaired) electrons. The molecular formula is C11H18BrNO. The van der Waals surface area contributed by atoms with E-state index in [9.17, 15) is 4.79 Å². The van der Waals surface area contributed by atoms with Crippen molar-refractivity contribution < 1.29 is 4.79 Å². The fourth-order valence-corrected chi connectivity index (χ4v) is 4.34. The van der Waals surface area contributed by atoms with Gasteiger partial charge in [-0.2, -0.15) is 0 Å². The molecule has 2 saturated carbocycles. The Bertz CT molecular complexity index is 242. The Kier molecular flexibility index (Phi) is 2.63. The lowest BCUT2D eigenvalue weighted by atomic mass is 9.67. The van der Waals surface area contributed by atoms with E-state index in [0.717, 1.165) is 6.42 Å². The third-order valence-corrected chi connectivity index (χ3v) is 4.73. The molecule has 2 nitrogen and oxygen atoms in total. The molecule has 0 aromatic carbocycles. The van der Waals surface area contributed by atoms with Crippen LogP contribution in [0, 0.1) is 0 Å². The maximum atomic E-state index is 11.2. The summed E-state index contributed by atoms with van der Waals surface area (Å²) in [6, 6.07) is 0. The third kappa shape index (κ3) is 1.97. The molecule has 3 heteroatoms. The van der Waals surface area contributed by atoms with Gasteiger partial charge in [0.25, 0.3) is 0 Å². The van der Waals surface area contributed by atoms with Crippen molar-refractivity contribution in [2.45, 2.75) is 61.7 Å². The summed E-state index contributed by atoms with van der Waals surface area (Å²) >= 11 is 3.86. The summed E-state index contributed by atoms with van der Waals surface area (Å²) in [4.78, 5) is 11.2. The van der Waals surface area contributed by atoms with Crippen LogP contribution in [0.25, 0.3) is 0 Å². The molecule has 0 spiro atoms. The van der Waals surface area contributed by atoms with Gasteiger partial charge in [-0.3, -0.25) is 4.79 Å². The van der Waals surface area contributed by atoms with Crippen molar-refractivity contribution in [3.63, 3.8) is 0 Å². The van der Waals surface area contributed by atoms with Crippen molar-refractivity contribution in [3.8, 4) is 0 Å². The van der Waals surface area contributed by atoms with Gasteiger partial charge in [0, 0.05) is 16.8 Å². The second kappa shape index (κ2) is 3.51. The second-order valence-corrected chi connectivity index (χ2v) is 6.68. The number of fused-ring (bicyclic) bond motifs is 2. The molecule has 0 unspecified atom stereocenters. The van der Waals surface area contributed by atoms with Gasteiger partial charge in [-0.1, -0.05) is 15.9 Å². The number of alkyl halides is 1. The number of hydrogen-bond acceptors (Lipinski definition) is 1. The van der Waals surface area contributed by atoms with Crippen LogP contribution in [0.4, 0.5) is 0 Å². The van der Waals surface area contributed by atoms with E-state index in [0.29, 0.717) is 4.32 Å². The standard InChI is InChI=1S/C11H18BrNO/c1-9(14)13-11-6-2-4-10(12,8-11)5-3-7-11/h2-8H2,1H3,(H,13,14). The minimum absolute atomic E-state index is 0.117. The van der Waals surface area contributed by atoms with Crippen molar-refractivity contribution in [1.82, 2.24) is 5.32 Å². The van der Waals surface area contributed by atoms with E-state index in [-0.39, 0.29) is 11.4 Å². The van der Waals surface area contributed by atoms with Gasteiger partial charge in [-0.15, -0.1) is 0 Å². The van der Waals surface area contributed by atoms with Crippen LogP contribution in [0.15, 0.2) is 0 Å². The molecule has 2 aliphatic carbocycles. The Morgan fingerprint density at radius 1 is 1.21 bits per heavy atom. The number of carbonyl (C=O) groups is 1. The molecule has 0 atom stereocenters. The minimum atomic E-state index is 0.117. The first kappa shape index (κ1) is 10.5. The zero-order valence-corrected chi connectivity index (χ0v) is 10.3. The van der Waals surface area contributed by atoms with E-state index in [4.69, 9.17) is 0 Å². The average Bonchev–Trinajstić information content (AvgIpc) is 1.99. The molecule has 2 fully saturated rings. The van der Waals surface area contributed by atoms with Crippen molar-refractivity contribution in [3.05, 3.63) is 0 Å². The van der Waals surface area contributed by atoms with Crippen molar-refractivity contribution >= 4 is 21.8 Å². The number of nitrogens with one attached hydrogen (secondary N) is 1. The van der Waals surface area contributed by atoms with Crippen LogP contribution in [-0.4, -0.2) is 15.8 Å². The zero-order valence-electron chi connectivity index (χ0n) is 8.74. The van der Waals surface area contributed by atoms with E-state index in [2.05, 4.69) is 21.2 Å². The van der Waals surface area contributed by atoms with E-state index in [1.165, 1.54) is 38.5 Å². The normalized spacial score (nSPS) is 41.9. The summed E-state index contributed by atoms with van der Waals surface area (Å²) in [5.74, 6) is 0.128. The summed E-state index contributed by atoms with van der Waals surface area (Å²) in [7, 11) is 0. The molecule has 2 aliphatic rings. The predicted octanol–water partition coefficient (Wildman–Crippen LogP) is 2.75. The zero-order chi connectivity index (χ0) is 10.2. The molecule has 0 saturated heterocycles. The lowest BCUT2D eigenvalue weighted by Crippen LogP contribution is -2.56. The highest BCUT2D eigenvalue weighted by Crippen LogP contribution is 2.50. The smallest absolute Gasteiger partial charge is 0.217 e. The molecule has 0 heterocycles. The van der Waals surface area contributed by atoms with Gasteiger partial charge in [0.1, 0.15) is 0 Å². The van der Waals surface area contributed by atoms with E-state index >= 15 is 0 Å². The average molecular weight is 260 g/mol. The van der Waals surface area contributed by atoms with Crippen LogP contribution in [0.1, 0.15) is 51.9 Å². The molecular weight excluding hydrogens is 242 g/mol. The highest BCUT2D eigenvalue weighted by Gasteiger charge is 2.46. The first-order chi connectivity index (χ1) is 6.54. The predicted molar refractivity (Wildman–Crippen MR) is 60.5 cm³/mol. The maximum Gasteiger partial charge on any atom is 0.217 e. The Hall–Kier alpha value is -0.0500. The molecule has 0 aliphatic heterocycles. The molecule has 1 amide bonds. The SMILES string of the molecule is CC(=O)NC12CCCC(Br)(CCC1)C2. The number of hydrogen-bond donors (Lipinski definition) is 1. The van der Waals surface area contributed by atoms with Crippen molar-refractivity contribution in [1.29, 1.82) is 0 Å². The molecule has 80 valence electrons. The highest BCUT2D eigenvalue weighted by atomic mass is 79.9. The number of rotatable bonds is 1. The van der Waals surface area contributed by atoms with Crippen molar-refractivity contribution in [2.24, 2.45) is 0 Å². The van der Waals surface area contributed by atoms with Crippen LogP contribution in [0.5, 0.6) is 0 Å². The molecule has 2 bridgehead atoms. The molecule has 14 heavy (non-hydrogen) atoms. The summed E-state index contributed by atoms with van der Waals surface area (Å²) in [6.45, 7) is 1.63. The van der Waals surface area contributed by atoms with E-state index < -0.39 is 0 Å². The van der Waals surface area contributed by atoms with E-state index in [1.807, 2.05) is 0 Å². The van der Waals surface area contributed by atoms with E-state index in [1.54, 1.807) is 6.92 Å². The van der Waals surface area contributed by atoms with Crippen molar-refractivity contribution in [2.75, 3.05) is 0 Å². The Balaban J connectivity index is 2.13. The topological polar surface area (TPSA) is 29.1 Å². The van der Waals surface area contributed by atoms with Gasteiger partial charge in [0.2, 0.25) is 5.91 Å². The second-order valence-electron chi connectivity index (χ2n) is 5.00. The van der Waals surface area contributed by atoms with Gasteiger partial charge in [0.15, 0.2) is 0 Å². The van der Waals surface area contributed by atoms with Gasteiger partial charge in [-0.05, 0) is 44.9 Å². The largest absolute Gasteiger partial charge is 0.351 e. The maximum absolute atomic E-state index is 11.2. The molecule has 0 aromatic heterocycles. The lowest BCUT2D eigenvalue weighted by molar-refractivity contribution is -0.121. The number of carbonyl (C=O) groups excluding carboxylic acids is 1. The molecule has 2 rings (SSSR count). The highest BCUT2D eigenvalue weighted by molar-refractivity contribution is 9.10. The van der Waals surface area contributed by atoms with Crippen LogP contribution < -0.4 is 5.32 Å². The van der Waals surface area contributed by atoms with Gasteiger partial charge in [-0.25, -0.2) is 0 Å². The fraction of sp³-hybridized carbons (Fsp3) is 0.909. The van der Waals surface area contributed by atoms with Crippen LogP contribution in [0.3, 0.4) is 0 Å². The Morgan fingerprint density at radius 3 is 2.29 bits per heavy atom. The summed E-state index contributed by atoms with van der Waals surface area (Å²) in [5.41, 5.74) is 0.117. The lowest BCUT2D eigenvalue weighted by Gasteiger charge is -2.50. The monoisotopic (exact) mass is 259 g/mol. The number of amides is 1. The van der Waals surface area contributed by atoms with Gasteiger partial charge < -0.3 is 5.32 Å². The summed E-state index contributed by atoms with van der Waals surface area (Å²) in [5, 5.41) is 3.18. The van der Waals surface area contributed by atoms with Crippen LogP contribution >= 0.6 is 15.9 Å². The minimum Gasteiger partial charge on any atom is -0.351 e. The summed E-state index contributed by atoms with van der Waals surface area (Å²) < 4.78 is 0.325. The Morgan fingerprint density at radius 2 is 1.79 bits per heavy atom. The Labute approximate surface area is 94.0 Å². The van der Waals surface area contributed by atoms with Gasteiger partial charge >= 0.3 is 0 Å². The fourth-order valence-electron chi connectivity index (χ4n) is 3.24. The van der Waals surface area contributed by atoms with Crippen LogP contribution in [-0.2, 0) is 4.79 Å². The quantitative estimate of drug-likeness (QED) is 0.722. The first-order valence-corrected chi connectivity index (χ1v) is 6.31. The summed E-state index contributed by atoms with van der Waals surface area (Å²) in [6.07, 6.45) is 8.49. The van der Waals surface area contributed by atoms with Gasteiger partial charge in [0.05, 0.1) is 0 Å². The van der Waals surface area contributed by atoms with Crippen LogP contribution in [0.2, 0.25) is 0 Å². The molecule has 1 N–H and O–H groups in total.